The summed E-state index contributed by atoms with van der Waals surface area (Å²) in [5.74, 6) is 2.65. The number of carbonyl (C=O) groups excluding carboxylic acids is 1. The lowest BCUT2D eigenvalue weighted by atomic mass is 9.74. The zero-order chi connectivity index (χ0) is 11.4. The molecule has 2 unspecified atom stereocenters. The van der Waals surface area contributed by atoms with Crippen molar-refractivity contribution in [1.82, 2.24) is 0 Å². The van der Waals surface area contributed by atoms with Gasteiger partial charge in [-0.1, -0.05) is 34.1 Å². The highest BCUT2D eigenvalue weighted by molar-refractivity contribution is 5.84. The third-order valence-electron chi connectivity index (χ3n) is 3.42. The number of Topliss-reactive ketones (excluding diaryl/α,β-unsaturated/α-hetero) is 1. The predicted octanol–water partition coefficient (Wildman–Crippen LogP) is 4.06. The first-order valence-corrected chi connectivity index (χ1v) is 6.54. The molecule has 0 spiro atoms. The van der Waals surface area contributed by atoms with Crippen LogP contribution in [0.2, 0.25) is 0 Å². The summed E-state index contributed by atoms with van der Waals surface area (Å²) in [5, 5.41) is 0. The minimum atomic E-state index is 0.377. The van der Waals surface area contributed by atoms with E-state index in [1.807, 2.05) is 0 Å². The lowest BCUT2D eigenvalue weighted by Gasteiger charge is -2.29. The minimum absolute atomic E-state index is 0.377. The lowest BCUT2D eigenvalue weighted by molar-refractivity contribution is -0.130. The van der Waals surface area contributed by atoms with Crippen molar-refractivity contribution in [2.45, 2.75) is 59.8 Å². The van der Waals surface area contributed by atoms with Crippen LogP contribution in [0.1, 0.15) is 59.8 Å². The number of carbonyl (C=O) groups is 1. The first kappa shape index (κ1) is 12.7. The molecule has 1 rings (SSSR count). The second-order valence-electron chi connectivity index (χ2n) is 5.99. The Kier molecular flexibility index (Phi) is 4.82. The SMILES string of the molecule is CC(C)CC1CCCC(CC(C)C)C1=O. The molecule has 0 aliphatic heterocycles. The molecular weight excluding hydrogens is 184 g/mol. The Morgan fingerprint density at radius 1 is 1.00 bits per heavy atom. The molecule has 1 heteroatoms. The van der Waals surface area contributed by atoms with Gasteiger partial charge in [0.2, 0.25) is 0 Å². The summed E-state index contributed by atoms with van der Waals surface area (Å²) in [4.78, 5) is 12.2. The maximum atomic E-state index is 12.2. The fraction of sp³-hybridized carbons (Fsp3) is 0.929. The van der Waals surface area contributed by atoms with E-state index in [0.717, 1.165) is 25.7 Å². The highest BCUT2D eigenvalue weighted by Gasteiger charge is 2.31. The Morgan fingerprint density at radius 3 is 1.73 bits per heavy atom. The van der Waals surface area contributed by atoms with Gasteiger partial charge in [-0.15, -0.1) is 0 Å². The van der Waals surface area contributed by atoms with Crippen LogP contribution in [0.5, 0.6) is 0 Å². The largest absolute Gasteiger partial charge is 0.299 e. The van der Waals surface area contributed by atoms with Crippen LogP contribution in [-0.4, -0.2) is 5.78 Å². The van der Waals surface area contributed by atoms with Gasteiger partial charge in [0.05, 0.1) is 0 Å². The molecule has 0 heterocycles. The van der Waals surface area contributed by atoms with Crippen LogP contribution in [0.15, 0.2) is 0 Å². The molecule has 1 nitrogen and oxygen atoms in total. The van der Waals surface area contributed by atoms with Crippen LogP contribution in [0.4, 0.5) is 0 Å². The van der Waals surface area contributed by atoms with Gasteiger partial charge in [0, 0.05) is 11.8 Å². The summed E-state index contributed by atoms with van der Waals surface area (Å²) >= 11 is 0. The van der Waals surface area contributed by atoms with Crippen LogP contribution < -0.4 is 0 Å². The quantitative estimate of drug-likeness (QED) is 0.683. The minimum Gasteiger partial charge on any atom is -0.299 e. The van der Waals surface area contributed by atoms with Gasteiger partial charge in [0.15, 0.2) is 0 Å². The Morgan fingerprint density at radius 2 is 1.40 bits per heavy atom. The molecule has 0 amide bonds. The van der Waals surface area contributed by atoms with Crippen molar-refractivity contribution in [2.75, 3.05) is 0 Å². The Bertz CT molecular complexity index is 185. The Hall–Kier alpha value is -0.330. The zero-order valence-electron chi connectivity index (χ0n) is 10.8. The normalized spacial score (nSPS) is 27.7. The predicted molar refractivity (Wildman–Crippen MR) is 64.7 cm³/mol. The second kappa shape index (κ2) is 5.67. The van der Waals surface area contributed by atoms with E-state index < -0.39 is 0 Å². The van der Waals surface area contributed by atoms with Gasteiger partial charge in [-0.05, 0) is 37.5 Å². The molecule has 0 bridgehead atoms. The van der Waals surface area contributed by atoms with Gasteiger partial charge in [-0.2, -0.15) is 0 Å². The fourth-order valence-corrected chi connectivity index (χ4v) is 2.83. The van der Waals surface area contributed by atoms with Crippen molar-refractivity contribution >= 4 is 5.78 Å². The number of ketones is 1. The molecule has 1 fully saturated rings. The molecule has 1 aliphatic carbocycles. The van der Waals surface area contributed by atoms with Crippen LogP contribution in [-0.2, 0) is 4.79 Å². The molecule has 0 aromatic carbocycles. The third-order valence-corrected chi connectivity index (χ3v) is 3.42. The second-order valence-corrected chi connectivity index (χ2v) is 5.99. The smallest absolute Gasteiger partial charge is 0.139 e. The number of hydrogen-bond acceptors (Lipinski definition) is 1. The van der Waals surface area contributed by atoms with Gasteiger partial charge < -0.3 is 0 Å². The highest BCUT2D eigenvalue weighted by Crippen LogP contribution is 2.33. The van der Waals surface area contributed by atoms with Crippen molar-refractivity contribution in [2.24, 2.45) is 23.7 Å². The van der Waals surface area contributed by atoms with Crippen molar-refractivity contribution in [3.63, 3.8) is 0 Å². The first-order valence-electron chi connectivity index (χ1n) is 6.54. The molecule has 0 aromatic heterocycles. The summed E-state index contributed by atoms with van der Waals surface area (Å²) in [5.41, 5.74) is 0. The number of rotatable bonds is 4. The van der Waals surface area contributed by atoms with Gasteiger partial charge in [0.25, 0.3) is 0 Å². The number of hydrogen-bond donors (Lipinski definition) is 0. The molecule has 0 radical (unpaired) electrons. The van der Waals surface area contributed by atoms with Gasteiger partial charge >= 0.3 is 0 Å². The monoisotopic (exact) mass is 210 g/mol. The van der Waals surface area contributed by atoms with Gasteiger partial charge in [-0.3, -0.25) is 4.79 Å². The first-order chi connectivity index (χ1) is 7.00. The van der Waals surface area contributed by atoms with Crippen LogP contribution in [0.25, 0.3) is 0 Å². The average Bonchev–Trinajstić information content (AvgIpc) is 2.10. The van der Waals surface area contributed by atoms with Crippen LogP contribution >= 0.6 is 0 Å². The van der Waals surface area contributed by atoms with E-state index >= 15 is 0 Å². The Balaban J connectivity index is 2.51. The van der Waals surface area contributed by atoms with Crippen molar-refractivity contribution in [3.8, 4) is 0 Å². The van der Waals surface area contributed by atoms with E-state index in [2.05, 4.69) is 27.7 Å². The average molecular weight is 210 g/mol. The van der Waals surface area contributed by atoms with E-state index in [-0.39, 0.29) is 0 Å². The van der Waals surface area contributed by atoms with Crippen molar-refractivity contribution in [1.29, 1.82) is 0 Å². The molecule has 1 aliphatic rings. The summed E-state index contributed by atoms with van der Waals surface area (Å²) in [6.07, 6.45) is 5.76. The van der Waals surface area contributed by atoms with E-state index in [4.69, 9.17) is 0 Å². The maximum Gasteiger partial charge on any atom is 0.139 e. The van der Waals surface area contributed by atoms with Gasteiger partial charge in [0.1, 0.15) is 5.78 Å². The molecule has 88 valence electrons. The summed E-state index contributed by atoms with van der Waals surface area (Å²) in [7, 11) is 0. The van der Waals surface area contributed by atoms with Crippen molar-refractivity contribution < 1.29 is 4.79 Å². The maximum absolute atomic E-state index is 12.2. The van der Waals surface area contributed by atoms with Crippen LogP contribution in [0, 0.1) is 23.7 Å². The van der Waals surface area contributed by atoms with E-state index in [1.54, 1.807) is 0 Å². The van der Waals surface area contributed by atoms with E-state index in [9.17, 15) is 4.79 Å². The fourth-order valence-electron chi connectivity index (χ4n) is 2.83. The topological polar surface area (TPSA) is 17.1 Å². The standard InChI is InChI=1S/C14H26O/c1-10(2)8-12-6-5-7-13(14(12)15)9-11(3)4/h10-13H,5-9H2,1-4H3. The summed E-state index contributed by atoms with van der Waals surface area (Å²) in [6, 6.07) is 0. The molecule has 1 saturated carbocycles. The zero-order valence-corrected chi connectivity index (χ0v) is 10.8. The van der Waals surface area contributed by atoms with Gasteiger partial charge in [-0.25, -0.2) is 0 Å². The summed E-state index contributed by atoms with van der Waals surface area (Å²) < 4.78 is 0. The molecule has 0 N–H and O–H groups in total. The van der Waals surface area contributed by atoms with E-state index in [0.29, 0.717) is 29.5 Å². The third kappa shape index (κ3) is 3.96. The Labute approximate surface area is 94.6 Å². The highest BCUT2D eigenvalue weighted by atomic mass is 16.1. The molecule has 0 aromatic rings. The molecule has 2 atom stereocenters. The van der Waals surface area contributed by atoms with E-state index in [1.165, 1.54) is 6.42 Å². The molecule has 15 heavy (non-hydrogen) atoms. The van der Waals surface area contributed by atoms with Crippen molar-refractivity contribution in [3.05, 3.63) is 0 Å². The van der Waals surface area contributed by atoms with Crippen LogP contribution in [0.3, 0.4) is 0 Å². The summed E-state index contributed by atoms with van der Waals surface area (Å²) in [6.45, 7) is 8.89. The molecule has 0 saturated heterocycles. The molecular formula is C14H26O. The lowest BCUT2D eigenvalue weighted by Crippen LogP contribution is -2.30.